The van der Waals surface area contributed by atoms with Gasteiger partial charge >= 0.3 is 12.2 Å². The van der Waals surface area contributed by atoms with Gasteiger partial charge in [0.05, 0.1) is 42.2 Å². The van der Waals surface area contributed by atoms with Crippen molar-refractivity contribution in [2.75, 3.05) is 31.6 Å². The largest absolute Gasteiger partial charge is 0.489 e. The molecule has 0 bridgehead atoms. The van der Waals surface area contributed by atoms with Gasteiger partial charge in [-0.15, -0.1) is 0 Å². The zero-order valence-electron chi connectivity index (χ0n) is 18.3. The van der Waals surface area contributed by atoms with Crippen molar-refractivity contribution >= 4 is 23.3 Å². The molecule has 0 radical (unpaired) electrons. The van der Waals surface area contributed by atoms with E-state index < -0.39 is 17.8 Å². The van der Waals surface area contributed by atoms with Gasteiger partial charge in [0.2, 0.25) is 0 Å². The number of carbonyl (C=O) groups excluding carboxylic acids is 1. The molecule has 12 heteroatoms. The van der Waals surface area contributed by atoms with Gasteiger partial charge in [-0.3, -0.25) is 4.68 Å². The van der Waals surface area contributed by atoms with Crippen LogP contribution in [0.4, 0.5) is 28.0 Å². The lowest BCUT2D eigenvalue weighted by Crippen LogP contribution is -2.49. The third-order valence-electron chi connectivity index (χ3n) is 5.25. The van der Waals surface area contributed by atoms with Crippen LogP contribution >= 0.6 is 11.6 Å². The number of nitrogens with zero attached hydrogens (tertiary/aromatic N) is 3. The number of anilines is 1. The number of amides is 2. The molecule has 0 spiro atoms. The standard InChI is InChI=1S/C23H21ClF4N4O3/c24-20-6-3-16(23(26,27)28)9-21(20)35-14-19-13-31(7-8-34-19)22(33)30-18-10-29-32(12-18)11-15-1-4-17(25)5-2-15/h1-6,9-10,12,19H,7-8,11,13-14H2,(H,30,33). The first-order valence-corrected chi connectivity index (χ1v) is 11.0. The van der Waals surface area contributed by atoms with Gasteiger partial charge in [-0.1, -0.05) is 23.7 Å². The SMILES string of the molecule is O=C(Nc1cnn(Cc2ccc(F)cc2)c1)N1CCOC(COc2cc(C(F)(F)F)ccc2Cl)C1. The average molecular weight is 513 g/mol. The Bertz CT molecular complexity index is 1170. The quantitative estimate of drug-likeness (QED) is 0.469. The summed E-state index contributed by atoms with van der Waals surface area (Å²) in [4.78, 5) is 14.2. The molecule has 1 unspecified atom stereocenters. The number of hydrogen-bond acceptors (Lipinski definition) is 4. The second-order valence-corrected chi connectivity index (χ2v) is 8.28. The highest BCUT2D eigenvalue weighted by atomic mass is 35.5. The van der Waals surface area contributed by atoms with Gasteiger partial charge in [0.15, 0.2) is 0 Å². The number of ether oxygens (including phenoxy) is 2. The maximum Gasteiger partial charge on any atom is 0.416 e. The number of morpholine rings is 1. The Balaban J connectivity index is 1.30. The van der Waals surface area contributed by atoms with Crippen molar-refractivity contribution in [1.82, 2.24) is 14.7 Å². The molecule has 0 aliphatic carbocycles. The monoisotopic (exact) mass is 512 g/mol. The predicted octanol–water partition coefficient (Wildman–Crippen LogP) is 5.05. The van der Waals surface area contributed by atoms with Crippen LogP contribution in [0.25, 0.3) is 0 Å². The number of benzene rings is 2. The first kappa shape index (κ1) is 24.8. The van der Waals surface area contributed by atoms with Crippen molar-refractivity contribution in [3.8, 4) is 5.75 Å². The number of carbonyl (C=O) groups is 1. The van der Waals surface area contributed by atoms with Gasteiger partial charge in [-0.2, -0.15) is 18.3 Å². The molecule has 2 amide bonds. The van der Waals surface area contributed by atoms with Crippen molar-refractivity contribution in [2.24, 2.45) is 0 Å². The zero-order chi connectivity index (χ0) is 25.0. The van der Waals surface area contributed by atoms with Crippen LogP contribution in [0.2, 0.25) is 5.02 Å². The summed E-state index contributed by atoms with van der Waals surface area (Å²) in [5.41, 5.74) is 0.457. The minimum absolute atomic E-state index is 0.0426. The van der Waals surface area contributed by atoms with E-state index in [9.17, 15) is 22.4 Å². The molecule has 3 aromatic rings. The van der Waals surface area contributed by atoms with E-state index in [1.807, 2.05) is 0 Å². The van der Waals surface area contributed by atoms with Crippen molar-refractivity contribution in [2.45, 2.75) is 18.8 Å². The maximum absolute atomic E-state index is 13.1. The van der Waals surface area contributed by atoms with Crippen LogP contribution in [-0.2, 0) is 17.5 Å². The topological polar surface area (TPSA) is 68.6 Å². The van der Waals surface area contributed by atoms with E-state index >= 15 is 0 Å². The number of urea groups is 1. The smallest absolute Gasteiger partial charge is 0.416 e. The summed E-state index contributed by atoms with van der Waals surface area (Å²) < 4.78 is 64.6. The molecular weight excluding hydrogens is 492 g/mol. The molecule has 1 atom stereocenters. The molecule has 4 rings (SSSR count). The van der Waals surface area contributed by atoms with Gasteiger partial charge < -0.3 is 19.7 Å². The number of rotatable bonds is 6. The van der Waals surface area contributed by atoms with Gasteiger partial charge in [-0.05, 0) is 35.9 Å². The van der Waals surface area contributed by atoms with E-state index in [0.29, 0.717) is 18.8 Å². The summed E-state index contributed by atoms with van der Waals surface area (Å²) in [6, 6.07) is 8.48. The summed E-state index contributed by atoms with van der Waals surface area (Å²) in [5, 5.41) is 6.99. The summed E-state index contributed by atoms with van der Waals surface area (Å²) in [6.07, 6.45) is -1.93. The second-order valence-electron chi connectivity index (χ2n) is 7.88. The van der Waals surface area contributed by atoms with Crippen LogP contribution in [0.5, 0.6) is 5.75 Å². The average Bonchev–Trinajstić information content (AvgIpc) is 3.26. The van der Waals surface area contributed by atoms with E-state index in [2.05, 4.69) is 10.4 Å². The minimum atomic E-state index is -4.52. The molecule has 186 valence electrons. The van der Waals surface area contributed by atoms with E-state index in [1.165, 1.54) is 23.2 Å². The minimum Gasteiger partial charge on any atom is -0.489 e. The third-order valence-corrected chi connectivity index (χ3v) is 5.56. The molecule has 1 aliphatic heterocycles. The molecule has 1 N–H and O–H groups in total. The molecule has 1 aliphatic rings. The van der Waals surface area contributed by atoms with E-state index in [1.54, 1.807) is 23.0 Å². The molecule has 1 fully saturated rings. The fourth-order valence-corrected chi connectivity index (χ4v) is 3.64. The van der Waals surface area contributed by atoms with Crippen LogP contribution in [-0.4, -0.2) is 53.1 Å². The second kappa shape index (κ2) is 10.5. The summed E-state index contributed by atoms with van der Waals surface area (Å²) in [7, 11) is 0. The first-order valence-electron chi connectivity index (χ1n) is 10.6. The molecule has 1 saturated heterocycles. The third kappa shape index (κ3) is 6.64. The fourth-order valence-electron chi connectivity index (χ4n) is 3.47. The van der Waals surface area contributed by atoms with E-state index in [0.717, 1.165) is 23.8 Å². The Morgan fingerprint density at radius 1 is 1.23 bits per heavy atom. The van der Waals surface area contributed by atoms with Gasteiger partial charge in [-0.25, -0.2) is 9.18 Å². The number of hydrogen-bond donors (Lipinski definition) is 1. The van der Waals surface area contributed by atoms with Crippen LogP contribution in [0, 0.1) is 5.82 Å². The van der Waals surface area contributed by atoms with Crippen molar-refractivity contribution in [3.05, 3.63) is 76.8 Å². The molecule has 2 aromatic carbocycles. The molecule has 35 heavy (non-hydrogen) atoms. The van der Waals surface area contributed by atoms with E-state index in [4.69, 9.17) is 21.1 Å². The maximum atomic E-state index is 13.1. The molecule has 1 aromatic heterocycles. The Hall–Kier alpha value is -3.31. The van der Waals surface area contributed by atoms with Crippen LogP contribution in [0.15, 0.2) is 54.9 Å². The van der Waals surface area contributed by atoms with Gasteiger partial charge in [0.25, 0.3) is 0 Å². The van der Waals surface area contributed by atoms with E-state index in [-0.39, 0.29) is 42.4 Å². The Labute approximate surface area is 203 Å². The van der Waals surface area contributed by atoms with Crippen LogP contribution in [0.1, 0.15) is 11.1 Å². The molecule has 7 nitrogen and oxygen atoms in total. The Morgan fingerprint density at radius 2 is 2.00 bits per heavy atom. The number of halogens is 5. The highest BCUT2D eigenvalue weighted by molar-refractivity contribution is 6.32. The highest BCUT2D eigenvalue weighted by Gasteiger charge is 2.31. The lowest BCUT2D eigenvalue weighted by Gasteiger charge is -2.32. The Morgan fingerprint density at radius 3 is 2.74 bits per heavy atom. The predicted molar refractivity (Wildman–Crippen MR) is 120 cm³/mol. The summed E-state index contributed by atoms with van der Waals surface area (Å²) in [6.45, 7) is 1.07. The van der Waals surface area contributed by atoms with Crippen LogP contribution < -0.4 is 10.1 Å². The number of aromatic nitrogens is 2. The van der Waals surface area contributed by atoms with Crippen molar-refractivity contribution < 1.29 is 31.8 Å². The van der Waals surface area contributed by atoms with Gasteiger partial charge in [0.1, 0.15) is 24.3 Å². The van der Waals surface area contributed by atoms with Gasteiger partial charge in [0, 0.05) is 12.7 Å². The van der Waals surface area contributed by atoms with Crippen LogP contribution in [0.3, 0.4) is 0 Å². The highest BCUT2D eigenvalue weighted by Crippen LogP contribution is 2.35. The molecular formula is C23H21ClF4N4O3. The normalized spacial score (nSPS) is 16.3. The van der Waals surface area contributed by atoms with Crippen molar-refractivity contribution in [3.63, 3.8) is 0 Å². The first-order chi connectivity index (χ1) is 16.7. The van der Waals surface area contributed by atoms with Crippen molar-refractivity contribution in [1.29, 1.82) is 0 Å². The zero-order valence-corrected chi connectivity index (χ0v) is 19.0. The fraction of sp³-hybridized carbons (Fsp3) is 0.304. The lowest BCUT2D eigenvalue weighted by atomic mass is 10.2. The lowest BCUT2D eigenvalue weighted by molar-refractivity contribution is -0.137. The molecule has 2 heterocycles. The summed E-state index contributed by atoms with van der Waals surface area (Å²) >= 11 is 5.96. The summed E-state index contributed by atoms with van der Waals surface area (Å²) in [5.74, 6) is -0.436. The Kier molecular flexibility index (Phi) is 7.46. The molecule has 0 saturated carbocycles. The number of alkyl halides is 3. The number of nitrogens with one attached hydrogen (secondary N) is 1.